The van der Waals surface area contributed by atoms with Gasteiger partial charge < -0.3 is 14.2 Å². The number of para-hydroxylation sites is 2. The third-order valence-electron chi connectivity index (χ3n) is 5.35. The Labute approximate surface area is 219 Å². The van der Waals surface area contributed by atoms with Crippen molar-refractivity contribution in [1.82, 2.24) is 9.38 Å². The van der Waals surface area contributed by atoms with E-state index in [1.165, 1.54) is 61.8 Å². The van der Waals surface area contributed by atoms with Crippen molar-refractivity contribution in [3.05, 3.63) is 86.1 Å². The number of hydrogen-bond donors (Lipinski definition) is 1. The quantitative estimate of drug-likeness (QED) is 0.316. The first-order chi connectivity index (χ1) is 17.7. The van der Waals surface area contributed by atoms with Gasteiger partial charge in [0, 0.05) is 12.6 Å². The smallest absolute Gasteiger partial charge is 0.339 e. The molecule has 1 N–H and O–H groups in total. The number of benzene rings is 3. The molecule has 5 aromatic rings. The molecule has 0 radical (unpaired) electrons. The number of ether oxygens (including phenoxy) is 1. The van der Waals surface area contributed by atoms with Crippen LogP contribution in [-0.4, -0.2) is 30.8 Å². The van der Waals surface area contributed by atoms with Crippen molar-refractivity contribution < 1.29 is 22.1 Å². The van der Waals surface area contributed by atoms with Crippen molar-refractivity contribution in [3.8, 4) is 11.5 Å². The van der Waals surface area contributed by atoms with Crippen molar-refractivity contribution in [2.45, 2.75) is 11.8 Å². The van der Waals surface area contributed by atoms with E-state index >= 15 is 0 Å². The molecular formula is C25H18ClN3O6S2. The number of methoxy groups -OCH3 is 1. The topological polar surface area (TPSA) is 116 Å². The number of hydrogen-bond acceptors (Lipinski definition) is 8. The lowest BCUT2D eigenvalue weighted by Crippen LogP contribution is -2.22. The summed E-state index contributed by atoms with van der Waals surface area (Å²) in [5.41, 5.74) is 2.17. The molecule has 5 rings (SSSR count). The maximum absolute atomic E-state index is 13.1. The maximum Gasteiger partial charge on any atom is 0.339 e. The van der Waals surface area contributed by atoms with E-state index in [4.69, 9.17) is 20.5 Å². The van der Waals surface area contributed by atoms with E-state index in [9.17, 15) is 18.0 Å². The number of anilines is 1. The van der Waals surface area contributed by atoms with Crippen molar-refractivity contribution in [3.63, 3.8) is 0 Å². The zero-order chi connectivity index (χ0) is 26.3. The fourth-order valence-electron chi connectivity index (χ4n) is 3.73. The minimum Gasteiger partial charge on any atom is -0.493 e. The Morgan fingerprint density at radius 2 is 1.86 bits per heavy atom. The highest BCUT2D eigenvalue weighted by Crippen LogP contribution is 2.38. The normalized spacial score (nSPS) is 12.2. The van der Waals surface area contributed by atoms with Gasteiger partial charge in [-0.15, -0.1) is 0 Å². The Morgan fingerprint density at radius 3 is 2.57 bits per heavy atom. The molecule has 0 saturated heterocycles. The minimum atomic E-state index is -4.27. The Bertz CT molecular complexity index is 1900. The number of nitrogens with one attached hydrogen (secondary N) is 1. The van der Waals surface area contributed by atoms with E-state index in [0.717, 1.165) is 5.52 Å². The number of aromatic nitrogens is 2. The molecule has 2 aromatic heterocycles. The second kappa shape index (κ2) is 9.51. The molecule has 0 aliphatic carbocycles. The molecule has 3 aromatic carbocycles. The van der Waals surface area contributed by atoms with Gasteiger partial charge in [-0.05, 0) is 60.2 Å². The summed E-state index contributed by atoms with van der Waals surface area (Å²) in [4.78, 5) is 29.2. The number of carbonyl (C=O) groups excluding carboxylic acids is 1. The summed E-state index contributed by atoms with van der Waals surface area (Å²) in [5.74, 6) is -0.410. The molecule has 0 saturated carbocycles. The fraction of sp³-hybridized carbons (Fsp3) is 0.0800. The standard InChI is InChI=1S/C25H18ClN3O6S2/c1-14(30)27-16-7-9-17(10-8-16)37(32,33)35-23-18(26)11-15(12-21(23)34-2)13-22-24(31)29-20-6-4-3-5-19(20)28-25(29)36-22/h3-13H,1-2H3,(H,27,30)/b22-13-. The van der Waals surface area contributed by atoms with Crippen LogP contribution in [0.4, 0.5) is 5.69 Å². The summed E-state index contributed by atoms with van der Waals surface area (Å²) in [7, 11) is -2.92. The van der Waals surface area contributed by atoms with Crippen LogP contribution < -0.4 is 24.3 Å². The first kappa shape index (κ1) is 24.8. The lowest BCUT2D eigenvalue weighted by atomic mass is 10.2. The first-order valence-electron chi connectivity index (χ1n) is 10.8. The molecule has 37 heavy (non-hydrogen) atoms. The zero-order valence-corrected chi connectivity index (χ0v) is 21.8. The Balaban J connectivity index is 1.50. The van der Waals surface area contributed by atoms with Crippen molar-refractivity contribution in [2.24, 2.45) is 0 Å². The highest BCUT2D eigenvalue weighted by atomic mass is 35.5. The summed E-state index contributed by atoms with van der Waals surface area (Å²) in [6.45, 7) is 1.35. The number of amides is 1. The predicted octanol–water partition coefficient (Wildman–Crippen LogP) is 3.85. The summed E-state index contributed by atoms with van der Waals surface area (Å²) in [5, 5.41) is 2.54. The van der Waals surface area contributed by atoms with Gasteiger partial charge in [0.2, 0.25) is 11.7 Å². The Hall–Kier alpha value is -3.93. The average molecular weight is 556 g/mol. The lowest BCUT2D eigenvalue weighted by Gasteiger charge is -2.13. The molecule has 0 bridgehead atoms. The van der Waals surface area contributed by atoms with Crippen LogP contribution in [0.2, 0.25) is 5.02 Å². The van der Waals surface area contributed by atoms with Crippen LogP contribution in [0.25, 0.3) is 22.1 Å². The van der Waals surface area contributed by atoms with Crippen molar-refractivity contribution in [2.75, 3.05) is 12.4 Å². The molecule has 0 fully saturated rings. The van der Waals surface area contributed by atoms with Crippen LogP contribution in [0.15, 0.2) is 70.4 Å². The minimum absolute atomic E-state index is 0.0247. The van der Waals surface area contributed by atoms with E-state index in [1.54, 1.807) is 10.5 Å². The van der Waals surface area contributed by atoms with Gasteiger partial charge in [-0.1, -0.05) is 35.1 Å². The lowest BCUT2D eigenvalue weighted by molar-refractivity contribution is -0.114. The van der Waals surface area contributed by atoms with Crippen LogP contribution in [0.3, 0.4) is 0 Å². The van der Waals surface area contributed by atoms with Gasteiger partial charge in [-0.2, -0.15) is 8.42 Å². The van der Waals surface area contributed by atoms with Gasteiger partial charge in [0.15, 0.2) is 10.7 Å². The highest BCUT2D eigenvalue weighted by molar-refractivity contribution is 7.87. The number of halogens is 1. The fourth-order valence-corrected chi connectivity index (χ4v) is 5.98. The van der Waals surface area contributed by atoms with Crippen LogP contribution in [-0.2, 0) is 14.9 Å². The molecular weight excluding hydrogens is 538 g/mol. The largest absolute Gasteiger partial charge is 0.493 e. The third-order valence-corrected chi connectivity index (χ3v) is 7.84. The van der Waals surface area contributed by atoms with Gasteiger partial charge in [0.1, 0.15) is 4.90 Å². The van der Waals surface area contributed by atoms with Crippen LogP contribution in [0, 0.1) is 0 Å². The summed E-state index contributed by atoms with van der Waals surface area (Å²) in [6.07, 6.45) is 1.63. The summed E-state index contributed by atoms with van der Waals surface area (Å²) in [6, 6.07) is 15.9. The number of fused-ring (bicyclic) bond motifs is 3. The molecule has 188 valence electrons. The first-order valence-corrected chi connectivity index (χ1v) is 13.4. The third kappa shape index (κ3) is 4.76. The molecule has 12 heteroatoms. The van der Waals surface area contributed by atoms with Crippen molar-refractivity contribution in [1.29, 1.82) is 0 Å². The second-order valence-corrected chi connectivity index (χ2v) is 10.9. The molecule has 1 amide bonds. The number of rotatable bonds is 6. The predicted molar refractivity (Wildman–Crippen MR) is 142 cm³/mol. The molecule has 9 nitrogen and oxygen atoms in total. The molecule has 0 atom stereocenters. The van der Waals surface area contributed by atoms with Gasteiger partial charge in [0.25, 0.3) is 5.56 Å². The number of carbonyl (C=O) groups is 1. The van der Waals surface area contributed by atoms with E-state index in [1.807, 2.05) is 24.3 Å². The molecule has 0 spiro atoms. The highest BCUT2D eigenvalue weighted by Gasteiger charge is 2.22. The van der Waals surface area contributed by atoms with Gasteiger partial charge in [-0.3, -0.25) is 9.59 Å². The van der Waals surface area contributed by atoms with Gasteiger partial charge >= 0.3 is 10.1 Å². The van der Waals surface area contributed by atoms with E-state index in [2.05, 4.69) is 10.3 Å². The molecule has 0 aliphatic heterocycles. The molecule has 0 aliphatic rings. The second-order valence-electron chi connectivity index (χ2n) is 7.91. The average Bonchev–Trinajstić information content (AvgIpc) is 3.36. The van der Waals surface area contributed by atoms with E-state index in [-0.39, 0.29) is 32.9 Å². The summed E-state index contributed by atoms with van der Waals surface area (Å²) < 4.78 is 38.4. The zero-order valence-electron chi connectivity index (χ0n) is 19.4. The summed E-state index contributed by atoms with van der Waals surface area (Å²) >= 11 is 7.63. The SMILES string of the molecule is COc1cc(/C=c2\sc3nc4ccccc4n3c2=O)cc(Cl)c1OS(=O)(=O)c1ccc(NC(C)=O)cc1. The van der Waals surface area contributed by atoms with Crippen LogP contribution in [0.1, 0.15) is 12.5 Å². The Morgan fingerprint density at radius 1 is 1.14 bits per heavy atom. The number of thiazole rings is 1. The van der Waals surface area contributed by atoms with E-state index < -0.39 is 10.1 Å². The van der Waals surface area contributed by atoms with Gasteiger partial charge in [-0.25, -0.2) is 9.38 Å². The van der Waals surface area contributed by atoms with Gasteiger partial charge in [0.05, 0.1) is 27.7 Å². The number of imidazole rings is 1. The van der Waals surface area contributed by atoms with E-state index in [0.29, 0.717) is 26.3 Å². The van der Waals surface area contributed by atoms with Crippen LogP contribution >= 0.6 is 22.9 Å². The van der Waals surface area contributed by atoms with Crippen molar-refractivity contribution >= 4 is 66.7 Å². The monoisotopic (exact) mass is 555 g/mol. The Kier molecular flexibility index (Phi) is 6.36. The number of nitrogens with zero attached hydrogens (tertiary/aromatic N) is 2. The maximum atomic E-state index is 13.1. The molecule has 0 unspecified atom stereocenters. The molecule has 2 heterocycles. The van der Waals surface area contributed by atoms with Crippen LogP contribution in [0.5, 0.6) is 11.5 Å².